The molecule has 0 atom stereocenters. The molecule has 2 radical (unpaired) electrons. The van der Waals surface area contributed by atoms with Crippen LogP contribution in [0.2, 0.25) is 0 Å². The third-order valence-corrected chi connectivity index (χ3v) is 2.69. The summed E-state index contributed by atoms with van der Waals surface area (Å²) in [6.07, 6.45) is 6.68. The van der Waals surface area contributed by atoms with Gasteiger partial charge < -0.3 is 4.81 Å². The maximum atomic E-state index is 5.72. The maximum absolute atomic E-state index is 5.72. The van der Waals surface area contributed by atoms with Crippen molar-refractivity contribution in [3.05, 3.63) is 0 Å². The summed E-state index contributed by atoms with van der Waals surface area (Å²) >= 11 is 0. The summed E-state index contributed by atoms with van der Waals surface area (Å²) in [5.74, 6) is 0.976. The highest BCUT2D eigenvalue weighted by Crippen LogP contribution is 2.19. The summed E-state index contributed by atoms with van der Waals surface area (Å²) in [6.45, 7) is 4.49. The molecule has 62 valence electrons. The Morgan fingerprint density at radius 2 is 1.82 bits per heavy atom. The molecule has 0 aromatic carbocycles. The number of rotatable bonds is 1. The van der Waals surface area contributed by atoms with E-state index in [1.165, 1.54) is 32.1 Å². The molecule has 0 amide bonds. The van der Waals surface area contributed by atoms with Crippen LogP contribution in [0.15, 0.2) is 0 Å². The molecule has 1 aliphatic heterocycles. The quantitative estimate of drug-likeness (QED) is 0.518. The van der Waals surface area contributed by atoms with E-state index in [4.69, 9.17) is 7.98 Å². The van der Waals surface area contributed by atoms with E-state index in [2.05, 4.69) is 6.92 Å². The van der Waals surface area contributed by atoms with E-state index in [1.54, 1.807) is 0 Å². The SMILES string of the molecule is [B]N1CCCC(CC)CCC1. The van der Waals surface area contributed by atoms with Crippen molar-refractivity contribution in [1.82, 2.24) is 4.81 Å². The molecule has 0 N–H and O–H groups in total. The van der Waals surface area contributed by atoms with Crippen LogP contribution in [-0.2, 0) is 0 Å². The zero-order valence-corrected chi connectivity index (χ0v) is 7.55. The average molecular weight is 151 g/mol. The van der Waals surface area contributed by atoms with Crippen molar-refractivity contribution in [1.29, 1.82) is 0 Å². The molecule has 1 heterocycles. The third kappa shape index (κ3) is 3.28. The van der Waals surface area contributed by atoms with Crippen LogP contribution in [0.4, 0.5) is 0 Å². The molecule has 1 rings (SSSR count). The Hall–Kier alpha value is 0.0249. The lowest BCUT2D eigenvalue weighted by molar-refractivity contribution is 0.317. The van der Waals surface area contributed by atoms with Crippen LogP contribution in [0.1, 0.15) is 39.0 Å². The molecule has 0 aromatic rings. The minimum atomic E-state index is 0.976. The summed E-state index contributed by atoms with van der Waals surface area (Å²) in [7, 11) is 5.72. The lowest BCUT2D eigenvalue weighted by atomic mass is 9.92. The maximum Gasteiger partial charge on any atom is 0.182 e. The zero-order chi connectivity index (χ0) is 8.10. The van der Waals surface area contributed by atoms with E-state index < -0.39 is 0 Å². The Balaban J connectivity index is 2.22. The van der Waals surface area contributed by atoms with Gasteiger partial charge in [-0.2, -0.15) is 0 Å². The topological polar surface area (TPSA) is 3.24 Å². The van der Waals surface area contributed by atoms with Crippen LogP contribution in [-0.4, -0.2) is 25.9 Å². The molecule has 0 unspecified atom stereocenters. The van der Waals surface area contributed by atoms with E-state index in [9.17, 15) is 0 Å². The van der Waals surface area contributed by atoms with Gasteiger partial charge >= 0.3 is 0 Å². The lowest BCUT2D eigenvalue weighted by Crippen LogP contribution is -2.25. The second-order valence-corrected chi connectivity index (χ2v) is 3.59. The fraction of sp³-hybridized carbons (Fsp3) is 1.00. The highest BCUT2D eigenvalue weighted by Gasteiger charge is 2.10. The van der Waals surface area contributed by atoms with Gasteiger partial charge in [-0.25, -0.2) is 0 Å². The highest BCUT2D eigenvalue weighted by atomic mass is 15.0. The summed E-state index contributed by atoms with van der Waals surface area (Å²) < 4.78 is 0. The predicted octanol–water partition coefficient (Wildman–Crippen LogP) is 1.97. The molecule has 0 saturated carbocycles. The van der Waals surface area contributed by atoms with E-state index in [-0.39, 0.29) is 0 Å². The van der Waals surface area contributed by atoms with Crippen molar-refractivity contribution in [2.75, 3.05) is 13.1 Å². The molecule has 0 spiro atoms. The van der Waals surface area contributed by atoms with Gasteiger partial charge in [-0.3, -0.25) is 0 Å². The van der Waals surface area contributed by atoms with Gasteiger partial charge in [0, 0.05) is 0 Å². The fourth-order valence-electron chi connectivity index (χ4n) is 1.83. The van der Waals surface area contributed by atoms with Gasteiger partial charge in [0.25, 0.3) is 0 Å². The normalized spacial score (nSPS) is 24.5. The van der Waals surface area contributed by atoms with E-state index >= 15 is 0 Å². The van der Waals surface area contributed by atoms with Crippen molar-refractivity contribution in [3.8, 4) is 0 Å². The van der Waals surface area contributed by atoms with Gasteiger partial charge in [0.05, 0.1) is 0 Å². The summed E-state index contributed by atoms with van der Waals surface area (Å²) in [5, 5.41) is 0. The van der Waals surface area contributed by atoms with Crippen molar-refractivity contribution in [3.63, 3.8) is 0 Å². The summed E-state index contributed by atoms with van der Waals surface area (Å²) in [6, 6.07) is 0. The fourth-order valence-corrected chi connectivity index (χ4v) is 1.83. The monoisotopic (exact) mass is 151 g/mol. The first kappa shape index (κ1) is 9.12. The molecule has 1 fully saturated rings. The van der Waals surface area contributed by atoms with Crippen LogP contribution in [0.5, 0.6) is 0 Å². The summed E-state index contributed by atoms with van der Waals surface area (Å²) in [5.41, 5.74) is 0. The average Bonchev–Trinajstić information content (AvgIpc) is 1.96. The van der Waals surface area contributed by atoms with Gasteiger partial charge in [-0.05, 0) is 44.7 Å². The minimum absolute atomic E-state index is 0.976. The Kier molecular flexibility index (Phi) is 3.99. The second-order valence-electron chi connectivity index (χ2n) is 3.59. The first-order valence-electron chi connectivity index (χ1n) is 4.82. The zero-order valence-electron chi connectivity index (χ0n) is 7.55. The van der Waals surface area contributed by atoms with Crippen molar-refractivity contribution in [2.45, 2.75) is 39.0 Å². The first-order chi connectivity index (χ1) is 5.33. The van der Waals surface area contributed by atoms with Gasteiger partial charge in [0.1, 0.15) is 0 Å². The van der Waals surface area contributed by atoms with Crippen molar-refractivity contribution in [2.24, 2.45) is 5.92 Å². The molecular formula is C9H18BN. The molecule has 1 nitrogen and oxygen atoms in total. The molecule has 11 heavy (non-hydrogen) atoms. The van der Waals surface area contributed by atoms with Gasteiger partial charge in [-0.1, -0.05) is 13.3 Å². The Morgan fingerprint density at radius 3 is 2.27 bits per heavy atom. The van der Waals surface area contributed by atoms with E-state index in [0.717, 1.165) is 19.0 Å². The van der Waals surface area contributed by atoms with Crippen molar-refractivity contribution >= 4 is 7.98 Å². The highest BCUT2D eigenvalue weighted by molar-refractivity contribution is 6.04. The lowest BCUT2D eigenvalue weighted by Gasteiger charge is -2.24. The Morgan fingerprint density at radius 1 is 1.27 bits per heavy atom. The molecule has 0 aliphatic carbocycles. The second kappa shape index (κ2) is 4.81. The van der Waals surface area contributed by atoms with Gasteiger partial charge in [0.2, 0.25) is 0 Å². The van der Waals surface area contributed by atoms with Crippen LogP contribution < -0.4 is 0 Å². The Labute approximate surface area is 71.6 Å². The Bertz CT molecular complexity index is 95.7. The van der Waals surface area contributed by atoms with Crippen LogP contribution >= 0.6 is 0 Å². The molecule has 0 aromatic heterocycles. The van der Waals surface area contributed by atoms with Crippen LogP contribution in [0.3, 0.4) is 0 Å². The van der Waals surface area contributed by atoms with Crippen LogP contribution in [0.25, 0.3) is 0 Å². The van der Waals surface area contributed by atoms with Crippen molar-refractivity contribution < 1.29 is 0 Å². The van der Waals surface area contributed by atoms with Gasteiger partial charge in [-0.15, -0.1) is 0 Å². The largest absolute Gasteiger partial charge is 0.353 e. The number of hydrogen-bond donors (Lipinski definition) is 0. The summed E-state index contributed by atoms with van der Waals surface area (Å²) in [4.78, 5) is 1.96. The number of nitrogens with zero attached hydrogens (tertiary/aromatic N) is 1. The van der Waals surface area contributed by atoms with E-state index in [0.29, 0.717) is 0 Å². The van der Waals surface area contributed by atoms with E-state index in [1.807, 2.05) is 4.81 Å². The molecule has 1 saturated heterocycles. The van der Waals surface area contributed by atoms with Gasteiger partial charge in [0.15, 0.2) is 7.98 Å². The first-order valence-corrected chi connectivity index (χ1v) is 4.82. The predicted molar refractivity (Wildman–Crippen MR) is 49.6 cm³/mol. The molecule has 1 aliphatic rings. The minimum Gasteiger partial charge on any atom is -0.353 e. The molecule has 2 heteroatoms. The molecule has 0 bridgehead atoms. The molecular weight excluding hydrogens is 133 g/mol. The smallest absolute Gasteiger partial charge is 0.182 e. The van der Waals surface area contributed by atoms with Crippen LogP contribution in [0, 0.1) is 5.92 Å². The third-order valence-electron chi connectivity index (χ3n) is 2.69. The number of hydrogen-bond acceptors (Lipinski definition) is 1. The standard InChI is InChI=1S/C9H18BN/c1-2-9-5-3-7-11(10)8-4-6-9/h9H,2-8H2,1H3.